The molecule has 4 heterocycles. The summed E-state index contributed by atoms with van der Waals surface area (Å²) in [6.07, 6.45) is -2.81. The zero-order chi connectivity index (χ0) is 25.7. The van der Waals surface area contributed by atoms with E-state index in [4.69, 9.17) is 4.42 Å². The number of oxazole rings is 1. The first kappa shape index (κ1) is 23.6. The number of aromatic nitrogens is 2. The van der Waals surface area contributed by atoms with E-state index in [9.17, 15) is 22.8 Å². The van der Waals surface area contributed by atoms with Crippen molar-refractivity contribution in [3.8, 4) is 11.5 Å². The van der Waals surface area contributed by atoms with Crippen molar-refractivity contribution < 1.29 is 27.2 Å². The summed E-state index contributed by atoms with van der Waals surface area (Å²) in [4.78, 5) is 37.4. The second-order valence-corrected chi connectivity index (χ2v) is 10.00. The average Bonchev–Trinajstić information content (AvgIpc) is 3.50. The Hall–Kier alpha value is -3.77. The fraction of sp³-hybridized carbons (Fsp3) is 0.280. The van der Waals surface area contributed by atoms with E-state index in [1.807, 2.05) is 0 Å². The highest BCUT2D eigenvalue weighted by Crippen LogP contribution is 2.32. The molecule has 190 valence electrons. The van der Waals surface area contributed by atoms with Gasteiger partial charge in [0, 0.05) is 54.9 Å². The number of benzene rings is 2. The number of likely N-dealkylation sites (tertiary alicyclic amines) is 2. The number of fused-ring (bicyclic) bond motifs is 1. The lowest BCUT2D eigenvalue weighted by Gasteiger charge is -2.51. The van der Waals surface area contributed by atoms with Crippen LogP contribution in [-0.2, 0) is 6.18 Å². The van der Waals surface area contributed by atoms with Crippen molar-refractivity contribution in [3.63, 3.8) is 0 Å². The Bertz CT molecular complexity index is 1460. The Kier molecular flexibility index (Phi) is 5.72. The molecule has 0 radical (unpaired) electrons. The summed E-state index contributed by atoms with van der Waals surface area (Å²) in [6.45, 7) is 2.66. The van der Waals surface area contributed by atoms with E-state index in [0.29, 0.717) is 40.3 Å². The van der Waals surface area contributed by atoms with E-state index in [2.05, 4.69) is 20.2 Å². The molecule has 8 nitrogen and oxygen atoms in total. The lowest BCUT2D eigenvalue weighted by Crippen LogP contribution is -2.70. The number of nitrogens with zero attached hydrogens (tertiary/aromatic N) is 4. The summed E-state index contributed by atoms with van der Waals surface area (Å²) in [5.41, 5.74) is 1.03. The summed E-state index contributed by atoms with van der Waals surface area (Å²) in [5, 5.41) is 5.19. The van der Waals surface area contributed by atoms with Gasteiger partial charge in [-0.05, 0) is 42.5 Å². The molecule has 2 saturated heterocycles. The van der Waals surface area contributed by atoms with Crippen LogP contribution in [0.15, 0.2) is 58.5 Å². The molecule has 12 heteroatoms. The van der Waals surface area contributed by atoms with Gasteiger partial charge in [0.1, 0.15) is 5.52 Å². The van der Waals surface area contributed by atoms with E-state index in [1.165, 1.54) is 23.5 Å². The summed E-state index contributed by atoms with van der Waals surface area (Å²) in [7, 11) is 0. The highest BCUT2D eigenvalue weighted by molar-refractivity contribution is 7.11. The predicted molar refractivity (Wildman–Crippen MR) is 129 cm³/mol. The maximum atomic E-state index is 13.0. The normalized spacial score (nSPS) is 17.0. The molecule has 0 bridgehead atoms. The van der Waals surface area contributed by atoms with Crippen molar-refractivity contribution in [3.05, 3.63) is 70.2 Å². The van der Waals surface area contributed by atoms with Crippen molar-refractivity contribution in [1.82, 2.24) is 25.1 Å². The number of thiazole rings is 1. The molecule has 4 aromatic rings. The number of nitrogens with one attached hydrogen (secondary N) is 1. The fourth-order valence-electron chi connectivity index (χ4n) is 4.50. The van der Waals surface area contributed by atoms with Crippen LogP contribution in [0.25, 0.3) is 22.6 Å². The molecule has 0 aliphatic carbocycles. The average molecular weight is 528 g/mol. The molecule has 0 atom stereocenters. The standard InChI is InChI=1S/C25H20F3N5O3S/c26-25(27,28)16-4-1-14(2-5-16)22-31-19-6-3-15(9-20(19)36-22)24(35)33-12-18(13-33)32-10-17(11-32)30-21(34)23-29-7-8-37-23/h1-9,17-18H,10-13H2,(H,30,34). The van der Waals surface area contributed by atoms with Gasteiger partial charge >= 0.3 is 6.18 Å². The highest BCUT2D eigenvalue weighted by Gasteiger charge is 2.41. The molecule has 2 aliphatic rings. The van der Waals surface area contributed by atoms with Crippen LogP contribution in [0.1, 0.15) is 25.7 Å². The fourth-order valence-corrected chi connectivity index (χ4v) is 5.04. The first-order valence-corrected chi connectivity index (χ1v) is 12.4. The van der Waals surface area contributed by atoms with Gasteiger partial charge in [-0.2, -0.15) is 13.2 Å². The molecule has 1 N–H and O–H groups in total. The van der Waals surface area contributed by atoms with Crippen LogP contribution in [0.5, 0.6) is 0 Å². The number of amides is 2. The zero-order valence-electron chi connectivity index (χ0n) is 19.2. The van der Waals surface area contributed by atoms with E-state index in [1.54, 1.807) is 34.7 Å². The summed E-state index contributed by atoms with van der Waals surface area (Å²) in [5.74, 6) is -0.0965. The van der Waals surface area contributed by atoms with Gasteiger partial charge in [-0.3, -0.25) is 14.5 Å². The van der Waals surface area contributed by atoms with Gasteiger partial charge in [-0.15, -0.1) is 11.3 Å². The second-order valence-electron chi connectivity index (χ2n) is 9.10. The topological polar surface area (TPSA) is 91.6 Å². The number of halogens is 3. The lowest BCUT2D eigenvalue weighted by atomic mass is 9.98. The number of hydrogen-bond donors (Lipinski definition) is 1. The third kappa shape index (κ3) is 4.58. The third-order valence-electron chi connectivity index (χ3n) is 6.63. The molecule has 2 aliphatic heterocycles. The minimum absolute atomic E-state index is 0.0777. The summed E-state index contributed by atoms with van der Waals surface area (Å²) in [6, 6.07) is 9.86. The Morgan fingerprint density at radius 2 is 1.81 bits per heavy atom. The highest BCUT2D eigenvalue weighted by atomic mass is 32.1. The van der Waals surface area contributed by atoms with Crippen LogP contribution in [0, 0.1) is 0 Å². The summed E-state index contributed by atoms with van der Waals surface area (Å²) < 4.78 is 44.2. The van der Waals surface area contributed by atoms with Crippen LogP contribution >= 0.6 is 11.3 Å². The molecule has 37 heavy (non-hydrogen) atoms. The largest absolute Gasteiger partial charge is 0.436 e. The van der Waals surface area contributed by atoms with Crippen molar-refractivity contribution in [2.24, 2.45) is 0 Å². The Balaban J connectivity index is 1.04. The number of hydrogen-bond acceptors (Lipinski definition) is 7. The monoisotopic (exact) mass is 527 g/mol. The molecule has 2 aromatic heterocycles. The second kappa shape index (κ2) is 8.96. The lowest BCUT2D eigenvalue weighted by molar-refractivity contribution is -0.137. The van der Waals surface area contributed by atoms with Crippen molar-refractivity contribution in [2.45, 2.75) is 18.3 Å². The Morgan fingerprint density at radius 1 is 1.05 bits per heavy atom. The van der Waals surface area contributed by atoms with Gasteiger partial charge in [0.15, 0.2) is 10.6 Å². The SMILES string of the molecule is O=C(NC1CN(C2CN(C(=O)c3ccc4nc(-c5ccc(C(F)(F)F)cc5)oc4c3)C2)C1)c1nccs1. The molecule has 6 rings (SSSR count). The maximum Gasteiger partial charge on any atom is 0.416 e. The van der Waals surface area contributed by atoms with Crippen molar-refractivity contribution in [2.75, 3.05) is 26.2 Å². The number of alkyl halides is 3. The first-order valence-electron chi connectivity index (χ1n) is 11.6. The van der Waals surface area contributed by atoms with Crippen molar-refractivity contribution in [1.29, 1.82) is 0 Å². The smallest absolute Gasteiger partial charge is 0.416 e. The minimum Gasteiger partial charge on any atom is -0.436 e. The van der Waals surface area contributed by atoms with Crippen LogP contribution in [0.2, 0.25) is 0 Å². The molecule has 2 aromatic carbocycles. The van der Waals surface area contributed by atoms with Gasteiger partial charge < -0.3 is 14.6 Å². The molecular weight excluding hydrogens is 507 g/mol. The van der Waals surface area contributed by atoms with E-state index < -0.39 is 11.7 Å². The van der Waals surface area contributed by atoms with Crippen LogP contribution in [0.4, 0.5) is 13.2 Å². The molecule has 2 fully saturated rings. The molecule has 2 amide bonds. The third-order valence-corrected chi connectivity index (χ3v) is 7.40. The number of carbonyl (C=O) groups excluding carboxylic acids is 2. The van der Waals surface area contributed by atoms with Crippen LogP contribution in [0.3, 0.4) is 0 Å². The van der Waals surface area contributed by atoms with E-state index in [-0.39, 0.29) is 29.8 Å². The van der Waals surface area contributed by atoms with Gasteiger partial charge in [-0.1, -0.05) is 0 Å². The first-order chi connectivity index (χ1) is 17.7. The molecule has 0 unspecified atom stereocenters. The maximum absolute atomic E-state index is 13.0. The van der Waals surface area contributed by atoms with E-state index >= 15 is 0 Å². The quantitative estimate of drug-likeness (QED) is 0.423. The molecular formula is C25H20F3N5O3S. The number of carbonyl (C=O) groups is 2. The molecule has 0 saturated carbocycles. The Labute approximate surface area is 212 Å². The van der Waals surface area contributed by atoms with Crippen LogP contribution < -0.4 is 5.32 Å². The van der Waals surface area contributed by atoms with Gasteiger partial charge in [0.25, 0.3) is 11.8 Å². The van der Waals surface area contributed by atoms with Crippen LogP contribution in [-0.4, -0.2) is 69.8 Å². The zero-order valence-corrected chi connectivity index (χ0v) is 20.1. The predicted octanol–water partition coefficient (Wildman–Crippen LogP) is 3.91. The van der Waals surface area contributed by atoms with Gasteiger partial charge in [0.2, 0.25) is 5.89 Å². The molecule has 0 spiro atoms. The Morgan fingerprint density at radius 3 is 2.49 bits per heavy atom. The number of rotatable bonds is 5. The van der Waals surface area contributed by atoms with Crippen molar-refractivity contribution >= 4 is 34.3 Å². The van der Waals surface area contributed by atoms with Gasteiger partial charge in [0.05, 0.1) is 11.6 Å². The van der Waals surface area contributed by atoms with E-state index in [0.717, 1.165) is 25.2 Å². The summed E-state index contributed by atoms with van der Waals surface area (Å²) >= 11 is 1.30. The minimum atomic E-state index is -4.42. The van der Waals surface area contributed by atoms with Gasteiger partial charge in [-0.25, -0.2) is 9.97 Å².